The standard InChI is InChI=1S/C23H24N2O5S/c1-17-13-14-21(30-3)22(15-17)31(27,28)25(18-9-5-4-6-10-18)16-23(26)24-19-11-7-8-12-20(19)29-2/h4-15H,16H2,1-3H3,(H,24,26). The van der Waals surface area contributed by atoms with Gasteiger partial charge in [0.15, 0.2) is 0 Å². The molecule has 31 heavy (non-hydrogen) atoms. The molecular weight excluding hydrogens is 416 g/mol. The molecule has 0 saturated heterocycles. The molecule has 0 atom stereocenters. The van der Waals surface area contributed by atoms with Crippen molar-refractivity contribution in [2.24, 2.45) is 0 Å². The van der Waals surface area contributed by atoms with Crippen LogP contribution in [0.2, 0.25) is 0 Å². The van der Waals surface area contributed by atoms with E-state index in [1.807, 2.05) is 0 Å². The number of nitrogens with zero attached hydrogens (tertiary/aromatic N) is 1. The minimum atomic E-state index is -4.11. The van der Waals surface area contributed by atoms with Crippen LogP contribution in [0.4, 0.5) is 11.4 Å². The van der Waals surface area contributed by atoms with E-state index in [1.54, 1.807) is 73.7 Å². The summed E-state index contributed by atoms with van der Waals surface area (Å²) in [5, 5.41) is 2.72. The van der Waals surface area contributed by atoms with Crippen molar-refractivity contribution in [3.8, 4) is 11.5 Å². The maximum Gasteiger partial charge on any atom is 0.268 e. The van der Waals surface area contributed by atoms with Crippen molar-refractivity contribution in [2.75, 3.05) is 30.4 Å². The molecule has 0 spiro atoms. The summed E-state index contributed by atoms with van der Waals surface area (Å²) in [5.74, 6) is 0.172. The molecule has 162 valence electrons. The van der Waals surface area contributed by atoms with Gasteiger partial charge in [0.05, 0.1) is 25.6 Å². The molecule has 1 N–H and O–H groups in total. The molecule has 0 aliphatic rings. The van der Waals surface area contributed by atoms with E-state index in [1.165, 1.54) is 20.3 Å². The largest absolute Gasteiger partial charge is 0.495 e. The third-order valence-corrected chi connectivity index (χ3v) is 6.39. The number of methoxy groups -OCH3 is 2. The van der Waals surface area contributed by atoms with E-state index in [4.69, 9.17) is 9.47 Å². The summed E-state index contributed by atoms with van der Waals surface area (Å²) < 4.78 is 38.8. The fourth-order valence-corrected chi connectivity index (χ4v) is 4.75. The number of benzene rings is 3. The lowest BCUT2D eigenvalue weighted by Crippen LogP contribution is -2.38. The van der Waals surface area contributed by atoms with Gasteiger partial charge in [0.2, 0.25) is 5.91 Å². The first-order valence-electron chi connectivity index (χ1n) is 9.52. The van der Waals surface area contributed by atoms with Gasteiger partial charge in [-0.05, 0) is 48.9 Å². The predicted octanol–water partition coefficient (Wildman–Crippen LogP) is 3.85. The smallest absolute Gasteiger partial charge is 0.268 e. The number of ether oxygens (including phenoxy) is 2. The number of aryl methyl sites for hydroxylation is 1. The Morgan fingerprint density at radius 2 is 1.55 bits per heavy atom. The van der Waals surface area contributed by atoms with Crippen LogP contribution in [0.1, 0.15) is 5.56 Å². The summed E-state index contributed by atoms with van der Waals surface area (Å²) in [5.41, 5.74) is 1.57. The van der Waals surface area contributed by atoms with Crippen LogP contribution in [0.5, 0.6) is 11.5 Å². The van der Waals surface area contributed by atoms with Crippen LogP contribution in [0, 0.1) is 6.92 Å². The van der Waals surface area contributed by atoms with E-state index in [2.05, 4.69) is 5.32 Å². The normalized spacial score (nSPS) is 10.9. The molecule has 0 saturated carbocycles. The zero-order chi connectivity index (χ0) is 22.4. The first-order chi connectivity index (χ1) is 14.9. The number of amides is 1. The average molecular weight is 441 g/mol. The Bertz CT molecular complexity index is 1160. The monoisotopic (exact) mass is 440 g/mol. The molecule has 0 radical (unpaired) electrons. The van der Waals surface area contributed by atoms with E-state index >= 15 is 0 Å². The zero-order valence-electron chi connectivity index (χ0n) is 17.5. The highest BCUT2D eigenvalue weighted by Gasteiger charge is 2.30. The van der Waals surface area contributed by atoms with Crippen molar-refractivity contribution in [1.29, 1.82) is 0 Å². The number of hydrogen-bond donors (Lipinski definition) is 1. The number of para-hydroxylation sites is 3. The maximum absolute atomic E-state index is 13.6. The van der Waals surface area contributed by atoms with Gasteiger partial charge in [0, 0.05) is 0 Å². The van der Waals surface area contributed by atoms with Crippen molar-refractivity contribution in [2.45, 2.75) is 11.8 Å². The van der Waals surface area contributed by atoms with Crippen LogP contribution in [-0.4, -0.2) is 35.1 Å². The van der Waals surface area contributed by atoms with Crippen molar-refractivity contribution >= 4 is 27.3 Å². The Labute approximate surface area is 182 Å². The van der Waals surface area contributed by atoms with Crippen molar-refractivity contribution < 1.29 is 22.7 Å². The van der Waals surface area contributed by atoms with Gasteiger partial charge in [0.25, 0.3) is 10.0 Å². The van der Waals surface area contributed by atoms with Crippen LogP contribution in [-0.2, 0) is 14.8 Å². The quantitative estimate of drug-likeness (QED) is 0.575. The molecule has 0 bridgehead atoms. The highest BCUT2D eigenvalue weighted by Crippen LogP contribution is 2.31. The summed E-state index contributed by atoms with van der Waals surface area (Å²) >= 11 is 0. The molecule has 0 unspecified atom stereocenters. The molecule has 0 fully saturated rings. The first-order valence-corrected chi connectivity index (χ1v) is 11.0. The molecule has 3 aromatic rings. The summed E-state index contributed by atoms with van der Waals surface area (Å²) in [6.45, 7) is 1.36. The van der Waals surface area contributed by atoms with Gasteiger partial charge in [-0.15, -0.1) is 0 Å². The van der Waals surface area contributed by atoms with Crippen LogP contribution >= 0.6 is 0 Å². The predicted molar refractivity (Wildman–Crippen MR) is 120 cm³/mol. The van der Waals surface area contributed by atoms with Crippen molar-refractivity contribution in [1.82, 2.24) is 0 Å². The fourth-order valence-electron chi connectivity index (χ4n) is 3.08. The molecule has 3 aromatic carbocycles. The molecule has 3 rings (SSSR count). The molecule has 1 amide bonds. The average Bonchev–Trinajstić information content (AvgIpc) is 2.78. The van der Waals surface area contributed by atoms with Crippen molar-refractivity contribution in [3.05, 3.63) is 78.4 Å². The van der Waals surface area contributed by atoms with Crippen molar-refractivity contribution in [3.63, 3.8) is 0 Å². The Kier molecular flexibility index (Phi) is 6.81. The molecule has 0 aliphatic heterocycles. The molecular formula is C23H24N2O5S. The summed E-state index contributed by atoms with van der Waals surface area (Å²) in [4.78, 5) is 12.8. The zero-order valence-corrected chi connectivity index (χ0v) is 18.3. The van der Waals surface area contributed by atoms with E-state index in [0.717, 1.165) is 9.87 Å². The van der Waals surface area contributed by atoms with E-state index in [-0.39, 0.29) is 10.6 Å². The van der Waals surface area contributed by atoms with Crippen LogP contribution < -0.4 is 19.1 Å². The molecule has 7 nitrogen and oxygen atoms in total. The van der Waals surface area contributed by atoms with Gasteiger partial charge in [-0.1, -0.05) is 36.4 Å². The highest BCUT2D eigenvalue weighted by atomic mass is 32.2. The lowest BCUT2D eigenvalue weighted by Gasteiger charge is -2.25. The molecule has 0 heterocycles. The number of carbonyl (C=O) groups is 1. The molecule has 0 aliphatic carbocycles. The third-order valence-electron chi connectivity index (χ3n) is 4.60. The van der Waals surface area contributed by atoms with Gasteiger partial charge in [-0.25, -0.2) is 8.42 Å². The Morgan fingerprint density at radius 3 is 2.23 bits per heavy atom. The minimum absolute atomic E-state index is 0.0102. The number of rotatable bonds is 8. The lowest BCUT2D eigenvalue weighted by atomic mass is 10.2. The topological polar surface area (TPSA) is 84.9 Å². The van der Waals surface area contributed by atoms with Crippen LogP contribution in [0.25, 0.3) is 0 Å². The number of sulfonamides is 1. The van der Waals surface area contributed by atoms with Gasteiger partial charge in [-0.2, -0.15) is 0 Å². The van der Waals surface area contributed by atoms with Gasteiger partial charge in [0.1, 0.15) is 22.9 Å². The first kappa shape index (κ1) is 22.2. The maximum atomic E-state index is 13.6. The molecule has 0 aromatic heterocycles. The second-order valence-corrected chi connectivity index (χ2v) is 8.58. The number of hydrogen-bond acceptors (Lipinski definition) is 5. The van der Waals surface area contributed by atoms with Gasteiger partial charge < -0.3 is 14.8 Å². The van der Waals surface area contributed by atoms with Crippen LogP contribution in [0.3, 0.4) is 0 Å². The van der Waals surface area contributed by atoms with Gasteiger partial charge in [-0.3, -0.25) is 9.10 Å². The minimum Gasteiger partial charge on any atom is -0.495 e. The van der Waals surface area contributed by atoms with E-state index in [0.29, 0.717) is 17.1 Å². The fraction of sp³-hybridized carbons (Fsp3) is 0.174. The number of anilines is 2. The van der Waals surface area contributed by atoms with E-state index < -0.39 is 22.5 Å². The van der Waals surface area contributed by atoms with Crippen LogP contribution in [0.15, 0.2) is 77.7 Å². The summed E-state index contributed by atoms with van der Waals surface area (Å²) in [6.07, 6.45) is 0. The number of nitrogens with one attached hydrogen (secondary N) is 1. The lowest BCUT2D eigenvalue weighted by molar-refractivity contribution is -0.114. The van der Waals surface area contributed by atoms with E-state index in [9.17, 15) is 13.2 Å². The van der Waals surface area contributed by atoms with Gasteiger partial charge >= 0.3 is 0 Å². The third kappa shape index (κ3) is 4.97. The Hall–Kier alpha value is -3.52. The second-order valence-electron chi connectivity index (χ2n) is 6.75. The molecule has 8 heteroatoms. The summed E-state index contributed by atoms with van der Waals surface area (Å²) in [6, 6.07) is 20.3. The Morgan fingerprint density at radius 1 is 0.903 bits per heavy atom. The summed E-state index contributed by atoms with van der Waals surface area (Å²) in [7, 11) is -1.20. The SMILES string of the molecule is COc1ccccc1NC(=O)CN(c1ccccc1)S(=O)(=O)c1cc(C)ccc1OC. The Balaban J connectivity index is 2.00. The second kappa shape index (κ2) is 9.53. The highest BCUT2D eigenvalue weighted by molar-refractivity contribution is 7.93. The number of carbonyl (C=O) groups excluding carboxylic acids is 1.